The number of aliphatic carboxylic acids is 1. The molecule has 1 aromatic rings. The molecule has 0 radical (unpaired) electrons. The molecular formula is C14H18N4O3S. The molecule has 2 saturated heterocycles. The Morgan fingerprint density at radius 3 is 2.91 bits per heavy atom. The van der Waals surface area contributed by atoms with Crippen LogP contribution in [0.4, 0.5) is 4.79 Å². The fourth-order valence-corrected chi connectivity index (χ4v) is 4.56. The van der Waals surface area contributed by atoms with Crippen molar-refractivity contribution in [3.63, 3.8) is 0 Å². The first-order valence-corrected chi connectivity index (χ1v) is 8.38. The molecule has 7 nitrogen and oxygen atoms in total. The van der Waals surface area contributed by atoms with E-state index < -0.39 is 11.9 Å². The lowest BCUT2D eigenvalue weighted by atomic mass is 9.97. The van der Waals surface area contributed by atoms with Gasteiger partial charge in [-0.15, -0.1) is 0 Å². The summed E-state index contributed by atoms with van der Waals surface area (Å²) in [5.41, 5.74) is 0. The van der Waals surface area contributed by atoms with Gasteiger partial charge in [0.1, 0.15) is 11.7 Å². The third kappa shape index (κ3) is 3.16. The summed E-state index contributed by atoms with van der Waals surface area (Å²) in [6.45, 7) is 0. The number of urea groups is 1. The molecule has 3 N–H and O–H groups in total. The largest absolute Gasteiger partial charge is 0.481 e. The lowest BCUT2D eigenvalue weighted by Gasteiger charge is -2.17. The summed E-state index contributed by atoms with van der Waals surface area (Å²) >= 11 is 1.84. The fraction of sp³-hybridized carbons (Fsp3) is 0.571. The second-order valence-electron chi connectivity index (χ2n) is 5.55. The number of nitrogens with zero attached hydrogens (tertiary/aromatic N) is 2. The van der Waals surface area contributed by atoms with E-state index in [2.05, 4.69) is 20.6 Å². The topological polar surface area (TPSA) is 104 Å². The molecule has 2 aliphatic rings. The SMILES string of the molecule is O=C1N[C@H]2[C@H](CS[C@H]2CCCC(C(=O)O)c2ncccn2)N1. The smallest absolute Gasteiger partial charge is 0.315 e. The molecule has 0 aliphatic carbocycles. The number of hydrogen-bond acceptors (Lipinski definition) is 5. The van der Waals surface area contributed by atoms with Gasteiger partial charge < -0.3 is 15.7 Å². The summed E-state index contributed by atoms with van der Waals surface area (Å²) in [6.07, 6.45) is 5.29. The number of carboxylic acids is 1. The Hall–Kier alpha value is -1.83. The molecule has 2 aliphatic heterocycles. The molecule has 2 amide bonds. The van der Waals surface area contributed by atoms with Crippen molar-refractivity contribution in [3.05, 3.63) is 24.3 Å². The number of rotatable bonds is 6. The Morgan fingerprint density at radius 2 is 2.18 bits per heavy atom. The highest BCUT2D eigenvalue weighted by atomic mass is 32.2. The normalized spacial score (nSPS) is 27.8. The van der Waals surface area contributed by atoms with E-state index in [0.29, 0.717) is 17.5 Å². The standard InChI is InChI=1S/C14H18N4O3S/c19-13(20)8(12-15-5-2-6-16-12)3-1-4-10-11-9(7-22-10)17-14(21)18-11/h2,5-6,8-11H,1,3-4,7H2,(H,19,20)(H2,17,18,21)/t8?,9-,10-,11-/m0/s1. The first-order chi connectivity index (χ1) is 10.6. The van der Waals surface area contributed by atoms with Crippen molar-refractivity contribution in [1.82, 2.24) is 20.6 Å². The van der Waals surface area contributed by atoms with Gasteiger partial charge in [0.05, 0.1) is 12.1 Å². The molecule has 118 valence electrons. The molecule has 22 heavy (non-hydrogen) atoms. The molecule has 2 fully saturated rings. The number of carbonyl (C=O) groups excluding carboxylic acids is 1. The van der Waals surface area contributed by atoms with Crippen molar-refractivity contribution in [2.45, 2.75) is 42.5 Å². The number of aromatic nitrogens is 2. The van der Waals surface area contributed by atoms with Crippen molar-refractivity contribution in [2.24, 2.45) is 0 Å². The number of amides is 2. The average molecular weight is 322 g/mol. The molecule has 3 rings (SSSR count). The molecule has 0 saturated carbocycles. The van der Waals surface area contributed by atoms with Gasteiger partial charge in [-0.25, -0.2) is 14.8 Å². The van der Waals surface area contributed by atoms with Crippen LogP contribution in [0.2, 0.25) is 0 Å². The monoisotopic (exact) mass is 322 g/mol. The molecule has 1 aromatic heterocycles. The Morgan fingerprint density at radius 1 is 1.41 bits per heavy atom. The summed E-state index contributed by atoms with van der Waals surface area (Å²) in [5, 5.41) is 15.5. The van der Waals surface area contributed by atoms with E-state index in [4.69, 9.17) is 0 Å². The summed E-state index contributed by atoms with van der Waals surface area (Å²) in [6, 6.07) is 1.94. The van der Waals surface area contributed by atoms with Gasteiger partial charge in [0, 0.05) is 23.4 Å². The van der Waals surface area contributed by atoms with Crippen LogP contribution in [0.1, 0.15) is 31.0 Å². The predicted octanol–water partition coefficient (Wildman–Crippen LogP) is 0.980. The van der Waals surface area contributed by atoms with Crippen LogP contribution in [0.15, 0.2) is 18.5 Å². The number of carboxylic acid groups (broad SMARTS) is 1. The van der Waals surface area contributed by atoms with Crippen molar-refractivity contribution in [3.8, 4) is 0 Å². The van der Waals surface area contributed by atoms with Gasteiger partial charge in [-0.1, -0.05) is 6.42 Å². The lowest BCUT2D eigenvalue weighted by Crippen LogP contribution is -2.36. The molecule has 1 unspecified atom stereocenters. The number of thioether (sulfide) groups is 1. The Balaban J connectivity index is 1.53. The van der Waals surface area contributed by atoms with Crippen LogP contribution in [0, 0.1) is 0 Å². The Bertz CT molecular complexity index is 556. The minimum Gasteiger partial charge on any atom is -0.481 e. The first kappa shape index (κ1) is 15.1. The molecule has 0 bridgehead atoms. The van der Waals surface area contributed by atoms with Crippen LogP contribution in [0.25, 0.3) is 0 Å². The first-order valence-electron chi connectivity index (χ1n) is 7.33. The van der Waals surface area contributed by atoms with E-state index in [1.807, 2.05) is 11.8 Å². The second-order valence-corrected chi connectivity index (χ2v) is 6.82. The van der Waals surface area contributed by atoms with E-state index in [-0.39, 0.29) is 18.1 Å². The van der Waals surface area contributed by atoms with Crippen LogP contribution in [-0.4, -0.2) is 50.2 Å². The number of carbonyl (C=O) groups is 2. The zero-order valence-corrected chi connectivity index (χ0v) is 12.8. The van der Waals surface area contributed by atoms with Crippen LogP contribution in [0.5, 0.6) is 0 Å². The van der Waals surface area contributed by atoms with Gasteiger partial charge in [0.25, 0.3) is 0 Å². The van der Waals surface area contributed by atoms with Gasteiger partial charge in [-0.05, 0) is 18.9 Å². The molecule has 3 heterocycles. The fourth-order valence-electron chi connectivity index (χ4n) is 3.02. The van der Waals surface area contributed by atoms with Gasteiger partial charge in [-0.3, -0.25) is 4.79 Å². The number of nitrogens with one attached hydrogen (secondary N) is 2. The summed E-state index contributed by atoms with van der Waals surface area (Å²) in [5.74, 6) is -0.278. The maximum absolute atomic E-state index is 11.4. The van der Waals surface area contributed by atoms with Crippen molar-refractivity contribution in [2.75, 3.05) is 5.75 Å². The lowest BCUT2D eigenvalue weighted by molar-refractivity contribution is -0.139. The van der Waals surface area contributed by atoms with Crippen LogP contribution < -0.4 is 10.6 Å². The van der Waals surface area contributed by atoms with E-state index in [9.17, 15) is 14.7 Å². The minimum atomic E-state index is -0.890. The summed E-state index contributed by atoms with van der Waals surface area (Å²) in [7, 11) is 0. The highest BCUT2D eigenvalue weighted by molar-refractivity contribution is 8.00. The number of fused-ring (bicyclic) bond motifs is 1. The summed E-state index contributed by atoms with van der Waals surface area (Å²) in [4.78, 5) is 30.8. The maximum Gasteiger partial charge on any atom is 0.315 e. The molecule has 0 spiro atoms. The Labute approximate surface area is 132 Å². The van der Waals surface area contributed by atoms with Crippen LogP contribution >= 0.6 is 11.8 Å². The van der Waals surface area contributed by atoms with Gasteiger partial charge in [0.15, 0.2) is 0 Å². The zero-order valence-electron chi connectivity index (χ0n) is 11.9. The number of hydrogen-bond donors (Lipinski definition) is 3. The average Bonchev–Trinajstić information content (AvgIpc) is 3.04. The highest BCUT2D eigenvalue weighted by Gasteiger charge is 2.42. The third-order valence-corrected chi connectivity index (χ3v) is 5.62. The second kappa shape index (κ2) is 6.51. The van der Waals surface area contributed by atoms with Gasteiger partial charge in [-0.2, -0.15) is 11.8 Å². The van der Waals surface area contributed by atoms with Crippen molar-refractivity contribution >= 4 is 23.8 Å². The van der Waals surface area contributed by atoms with Crippen LogP contribution in [0.3, 0.4) is 0 Å². The predicted molar refractivity (Wildman–Crippen MR) is 81.7 cm³/mol. The van der Waals surface area contributed by atoms with Crippen molar-refractivity contribution < 1.29 is 14.7 Å². The molecular weight excluding hydrogens is 304 g/mol. The van der Waals surface area contributed by atoms with E-state index in [0.717, 1.165) is 18.6 Å². The zero-order chi connectivity index (χ0) is 15.5. The van der Waals surface area contributed by atoms with Crippen molar-refractivity contribution in [1.29, 1.82) is 0 Å². The summed E-state index contributed by atoms with van der Waals surface area (Å²) < 4.78 is 0. The van der Waals surface area contributed by atoms with E-state index in [1.54, 1.807) is 18.5 Å². The molecule has 4 atom stereocenters. The highest BCUT2D eigenvalue weighted by Crippen LogP contribution is 2.34. The molecule has 0 aromatic carbocycles. The van der Waals surface area contributed by atoms with E-state index >= 15 is 0 Å². The molecule has 8 heteroatoms. The quantitative estimate of drug-likeness (QED) is 0.675. The van der Waals surface area contributed by atoms with Gasteiger partial charge >= 0.3 is 12.0 Å². The van der Waals surface area contributed by atoms with Crippen LogP contribution in [-0.2, 0) is 4.79 Å². The van der Waals surface area contributed by atoms with E-state index in [1.165, 1.54) is 0 Å². The Kier molecular flexibility index (Phi) is 4.47. The third-order valence-electron chi connectivity index (χ3n) is 4.12. The minimum absolute atomic E-state index is 0.0959. The van der Waals surface area contributed by atoms with Gasteiger partial charge in [0.2, 0.25) is 0 Å². The maximum atomic E-state index is 11.4.